The SMILES string of the molecule is Cc1nc(CN2CCCC(NCc3ccncc3)C2)no1. The van der Waals surface area contributed by atoms with E-state index >= 15 is 0 Å². The van der Waals surface area contributed by atoms with Gasteiger partial charge < -0.3 is 9.84 Å². The van der Waals surface area contributed by atoms with Gasteiger partial charge in [0.25, 0.3) is 0 Å². The second-order valence-corrected chi connectivity index (χ2v) is 5.54. The molecule has 1 atom stereocenters. The Bertz CT molecular complexity index is 556. The number of pyridine rings is 1. The van der Waals surface area contributed by atoms with E-state index in [2.05, 4.69) is 37.5 Å². The van der Waals surface area contributed by atoms with Crippen molar-refractivity contribution in [2.75, 3.05) is 13.1 Å². The van der Waals surface area contributed by atoms with Crippen LogP contribution in [0, 0.1) is 6.92 Å². The van der Waals surface area contributed by atoms with E-state index in [9.17, 15) is 0 Å². The molecule has 1 unspecified atom stereocenters. The Morgan fingerprint density at radius 2 is 2.24 bits per heavy atom. The van der Waals surface area contributed by atoms with Crippen LogP contribution in [0.15, 0.2) is 29.0 Å². The summed E-state index contributed by atoms with van der Waals surface area (Å²) in [4.78, 5) is 10.7. The van der Waals surface area contributed by atoms with Gasteiger partial charge >= 0.3 is 0 Å². The number of hydrogen-bond donors (Lipinski definition) is 1. The van der Waals surface area contributed by atoms with Gasteiger partial charge in [-0.3, -0.25) is 9.88 Å². The van der Waals surface area contributed by atoms with E-state index in [1.165, 1.54) is 18.4 Å². The summed E-state index contributed by atoms with van der Waals surface area (Å²) in [6.45, 7) is 5.61. The lowest BCUT2D eigenvalue weighted by molar-refractivity contribution is 0.177. The quantitative estimate of drug-likeness (QED) is 0.899. The van der Waals surface area contributed by atoms with Gasteiger partial charge in [-0.05, 0) is 37.1 Å². The number of nitrogens with one attached hydrogen (secondary N) is 1. The van der Waals surface area contributed by atoms with Crippen LogP contribution >= 0.6 is 0 Å². The zero-order valence-electron chi connectivity index (χ0n) is 12.3. The number of piperidine rings is 1. The maximum atomic E-state index is 5.03. The highest BCUT2D eigenvalue weighted by molar-refractivity contribution is 5.09. The molecule has 3 rings (SSSR count). The minimum absolute atomic E-state index is 0.514. The van der Waals surface area contributed by atoms with Gasteiger partial charge in [0.05, 0.1) is 6.54 Å². The number of nitrogens with zero attached hydrogens (tertiary/aromatic N) is 4. The summed E-state index contributed by atoms with van der Waals surface area (Å²) in [6, 6.07) is 4.62. The third-order valence-electron chi connectivity index (χ3n) is 3.78. The Labute approximate surface area is 124 Å². The predicted octanol–water partition coefficient (Wildman–Crippen LogP) is 1.53. The second-order valence-electron chi connectivity index (χ2n) is 5.54. The van der Waals surface area contributed by atoms with E-state index in [-0.39, 0.29) is 0 Å². The average Bonchev–Trinajstić information content (AvgIpc) is 2.92. The van der Waals surface area contributed by atoms with Crippen LogP contribution in [0.3, 0.4) is 0 Å². The summed E-state index contributed by atoms with van der Waals surface area (Å²) >= 11 is 0. The standard InChI is InChI=1S/C15H21N5O/c1-12-18-15(19-21-12)11-20-8-2-3-14(10-20)17-9-13-4-6-16-7-5-13/h4-7,14,17H,2-3,8-11H2,1H3. The lowest BCUT2D eigenvalue weighted by Gasteiger charge is -2.32. The molecular formula is C15H21N5O. The van der Waals surface area contributed by atoms with E-state index in [0.717, 1.165) is 32.0 Å². The summed E-state index contributed by atoms with van der Waals surface area (Å²) < 4.78 is 5.03. The van der Waals surface area contributed by atoms with Gasteiger partial charge in [0.15, 0.2) is 5.82 Å². The number of aromatic nitrogens is 3. The third kappa shape index (κ3) is 4.09. The first-order valence-electron chi connectivity index (χ1n) is 7.43. The molecule has 1 aliphatic heterocycles. The molecule has 0 saturated carbocycles. The molecule has 0 bridgehead atoms. The normalized spacial score (nSPS) is 19.8. The maximum absolute atomic E-state index is 5.03. The average molecular weight is 287 g/mol. The largest absolute Gasteiger partial charge is 0.340 e. The topological polar surface area (TPSA) is 67.1 Å². The van der Waals surface area contributed by atoms with Crippen LogP contribution in [0.1, 0.15) is 30.1 Å². The molecule has 1 N–H and O–H groups in total. The summed E-state index contributed by atoms with van der Waals surface area (Å²) in [6.07, 6.45) is 6.09. The molecule has 6 nitrogen and oxygen atoms in total. The Morgan fingerprint density at radius 3 is 3.00 bits per heavy atom. The molecule has 0 spiro atoms. The van der Waals surface area contributed by atoms with E-state index in [0.29, 0.717) is 11.9 Å². The fourth-order valence-corrected chi connectivity index (χ4v) is 2.73. The van der Waals surface area contributed by atoms with Crippen molar-refractivity contribution in [2.24, 2.45) is 0 Å². The second kappa shape index (κ2) is 6.78. The van der Waals surface area contributed by atoms with Gasteiger partial charge in [-0.2, -0.15) is 4.98 Å². The lowest BCUT2D eigenvalue weighted by atomic mass is 10.1. The monoisotopic (exact) mass is 287 g/mol. The molecular weight excluding hydrogens is 266 g/mol. The van der Waals surface area contributed by atoms with Gasteiger partial charge in [0.2, 0.25) is 5.89 Å². The zero-order chi connectivity index (χ0) is 14.5. The van der Waals surface area contributed by atoms with Crippen LogP contribution in [-0.2, 0) is 13.1 Å². The molecule has 2 aromatic rings. The van der Waals surface area contributed by atoms with Crippen LogP contribution < -0.4 is 5.32 Å². The highest BCUT2D eigenvalue weighted by Crippen LogP contribution is 2.13. The van der Waals surface area contributed by atoms with E-state index in [1.807, 2.05) is 19.3 Å². The highest BCUT2D eigenvalue weighted by atomic mass is 16.5. The van der Waals surface area contributed by atoms with Crippen LogP contribution in [-0.4, -0.2) is 39.2 Å². The van der Waals surface area contributed by atoms with Crippen LogP contribution in [0.2, 0.25) is 0 Å². The van der Waals surface area contributed by atoms with Crippen LogP contribution in [0.5, 0.6) is 0 Å². The molecule has 1 fully saturated rings. The molecule has 0 aromatic carbocycles. The Balaban J connectivity index is 1.49. The molecule has 0 radical (unpaired) electrons. The fourth-order valence-electron chi connectivity index (χ4n) is 2.73. The van der Waals surface area contributed by atoms with Crippen molar-refractivity contribution < 1.29 is 4.52 Å². The molecule has 112 valence electrons. The van der Waals surface area contributed by atoms with Crippen molar-refractivity contribution in [3.05, 3.63) is 41.8 Å². The Morgan fingerprint density at radius 1 is 1.38 bits per heavy atom. The first-order valence-corrected chi connectivity index (χ1v) is 7.43. The van der Waals surface area contributed by atoms with Crippen molar-refractivity contribution in [3.8, 4) is 0 Å². The third-order valence-corrected chi connectivity index (χ3v) is 3.78. The zero-order valence-corrected chi connectivity index (χ0v) is 12.3. The maximum Gasteiger partial charge on any atom is 0.223 e. The molecule has 6 heteroatoms. The van der Waals surface area contributed by atoms with Gasteiger partial charge in [0.1, 0.15) is 0 Å². The van der Waals surface area contributed by atoms with Crippen molar-refractivity contribution in [2.45, 2.75) is 38.9 Å². The molecule has 1 aliphatic rings. The molecule has 0 amide bonds. The van der Waals surface area contributed by atoms with Gasteiger partial charge in [-0.25, -0.2) is 0 Å². The summed E-state index contributed by atoms with van der Waals surface area (Å²) in [5.41, 5.74) is 1.27. The van der Waals surface area contributed by atoms with Gasteiger partial charge in [-0.15, -0.1) is 0 Å². The molecule has 0 aliphatic carbocycles. The summed E-state index contributed by atoms with van der Waals surface area (Å²) in [5, 5.41) is 7.60. The Hall–Kier alpha value is -1.79. The number of rotatable bonds is 5. The van der Waals surface area contributed by atoms with Gasteiger partial charge in [-0.1, -0.05) is 5.16 Å². The minimum atomic E-state index is 0.514. The van der Waals surface area contributed by atoms with Crippen molar-refractivity contribution >= 4 is 0 Å². The van der Waals surface area contributed by atoms with Gasteiger partial charge in [0, 0.05) is 38.4 Å². The van der Waals surface area contributed by atoms with Crippen molar-refractivity contribution in [3.63, 3.8) is 0 Å². The van der Waals surface area contributed by atoms with Crippen molar-refractivity contribution in [1.29, 1.82) is 0 Å². The predicted molar refractivity (Wildman–Crippen MR) is 78.4 cm³/mol. The van der Waals surface area contributed by atoms with E-state index in [4.69, 9.17) is 4.52 Å². The van der Waals surface area contributed by atoms with E-state index < -0.39 is 0 Å². The summed E-state index contributed by atoms with van der Waals surface area (Å²) in [5.74, 6) is 1.41. The van der Waals surface area contributed by atoms with Crippen LogP contribution in [0.25, 0.3) is 0 Å². The molecule has 1 saturated heterocycles. The number of aryl methyl sites for hydroxylation is 1. The first kappa shape index (κ1) is 14.2. The summed E-state index contributed by atoms with van der Waals surface area (Å²) in [7, 11) is 0. The number of likely N-dealkylation sites (tertiary alicyclic amines) is 1. The van der Waals surface area contributed by atoms with E-state index in [1.54, 1.807) is 0 Å². The molecule has 21 heavy (non-hydrogen) atoms. The highest BCUT2D eigenvalue weighted by Gasteiger charge is 2.20. The lowest BCUT2D eigenvalue weighted by Crippen LogP contribution is -2.45. The Kier molecular flexibility index (Phi) is 4.57. The number of hydrogen-bond acceptors (Lipinski definition) is 6. The minimum Gasteiger partial charge on any atom is -0.340 e. The molecule has 3 heterocycles. The molecule has 2 aromatic heterocycles. The smallest absolute Gasteiger partial charge is 0.223 e. The van der Waals surface area contributed by atoms with Crippen LogP contribution in [0.4, 0.5) is 0 Å². The van der Waals surface area contributed by atoms with Crippen molar-refractivity contribution in [1.82, 2.24) is 25.3 Å². The first-order chi connectivity index (χ1) is 10.3. The fraction of sp³-hybridized carbons (Fsp3) is 0.533.